The Hall–Kier alpha value is -1.38. The molecular weight excluding hydrogens is 672 g/mol. The van der Waals surface area contributed by atoms with Crippen molar-refractivity contribution in [2.45, 2.75) is 187 Å². The standard InChI is InChI=1S/C40H66O12/c1-20-17-23(33(46)36(6,7)47)52-40(20)16-15-38(9)26(40)12-11-25-37(8)14-13-28(49-22(3)42)35(4,5)27(37)18-29(39(25,38)10)51-34-32(45)31(44)30(43)24(50-34)19-48-21(2)41/h20,23-34,43-47H,11-19H2,1-10H3/t20-,23+,24+,25+,26-,27-,28+,29+,30+,31-,32+,33-,34-,37+,38+,39-,40+/m0/s1. The van der Waals surface area contributed by atoms with Gasteiger partial charge in [-0.2, -0.15) is 0 Å². The van der Waals surface area contributed by atoms with Crippen LogP contribution >= 0.6 is 0 Å². The first kappa shape index (κ1) is 40.3. The Kier molecular flexibility index (Phi) is 10.4. The number of aliphatic hydroxyl groups is 5. The van der Waals surface area contributed by atoms with Crippen LogP contribution in [0.15, 0.2) is 0 Å². The highest BCUT2D eigenvalue weighted by Gasteiger charge is 2.76. The van der Waals surface area contributed by atoms with Crippen LogP contribution in [0, 0.1) is 45.3 Å². The smallest absolute Gasteiger partial charge is 0.302 e. The first-order valence-corrected chi connectivity index (χ1v) is 19.7. The number of hydrogen-bond acceptors (Lipinski definition) is 12. The van der Waals surface area contributed by atoms with Crippen molar-refractivity contribution in [3.63, 3.8) is 0 Å². The molecule has 298 valence electrons. The number of carbonyl (C=O) groups excluding carboxylic acids is 2. The first-order valence-electron chi connectivity index (χ1n) is 19.7. The van der Waals surface area contributed by atoms with Gasteiger partial charge >= 0.3 is 11.9 Å². The summed E-state index contributed by atoms with van der Waals surface area (Å²) in [6.45, 7) is 19.3. The normalized spacial score (nSPS) is 50.5. The number of fused-ring (bicyclic) bond motifs is 6. The highest BCUT2D eigenvalue weighted by molar-refractivity contribution is 5.66. The first-order chi connectivity index (χ1) is 23.9. The van der Waals surface area contributed by atoms with E-state index in [-0.39, 0.29) is 53.2 Å². The number of carbonyl (C=O) groups is 2. The molecule has 2 aliphatic heterocycles. The predicted octanol–water partition coefficient (Wildman–Crippen LogP) is 3.65. The van der Waals surface area contributed by atoms with Gasteiger partial charge in [-0.05, 0) is 99.7 Å². The predicted molar refractivity (Wildman–Crippen MR) is 188 cm³/mol. The zero-order valence-corrected chi connectivity index (χ0v) is 33.0. The molecule has 5 N–H and O–H groups in total. The zero-order valence-electron chi connectivity index (χ0n) is 33.0. The molecule has 0 unspecified atom stereocenters. The van der Waals surface area contributed by atoms with E-state index >= 15 is 0 Å². The van der Waals surface area contributed by atoms with Gasteiger partial charge in [0.1, 0.15) is 43.2 Å². The van der Waals surface area contributed by atoms with Crippen LogP contribution in [-0.2, 0) is 33.3 Å². The molecule has 0 bridgehead atoms. The van der Waals surface area contributed by atoms with Crippen LogP contribution in [0.1, 0.15) is 121 Å². The van der Waals surface area contributed by atoms with E-state index in [1.807, 2.05) is 0 Å². The Bertz CT molecular complexity index is 1360. The van der Waals surface area contributed by atoms with Gasteiger partial charge in [-0.15, -0.1) is 0 Å². The Balaban J connectivity index is 1.41. The molecule has 2 heterocycles. The third-order valence-electron chi connectivity index (χ3n) is 16.1. The number of esters is 2. The highest BCUT2D eigenvalue weighted by Crippen LogP contribution is 2.77. The van der Waals surface area contributed by atoms with Crippen LogP contribution in [0.3, 0.4) is 0 Å². The second kappa shape index (κ2) is 13.4. The molecule has 17 atom stereocenters. The highest BCUT2D eigenvalue weighted by atomic mass is 16.7. The molecular formula is C40H66O12. The molecule has 1 spiro atoms. The van der Waals surface area contributed by atoms with Crippen molar-refractivity contribution in [1.82, 2.24) is 0 Å². The third-order valence-corrected chi connectivity index (χ3v) is 16.1. The molecule has 0 amide bonds. The summed E-state index contributed by atoms with van der Waals surface area (Å²) in [5, 5.41) is 55.1. The van der Waals surface area contributed by atoms with Crippen molar-refractivity contribution >= 4 is 11.9 Å². The van der Waals surface area contributed by atoms with Crippen molar-refractivity contribution < 1.29 is 58.8 Å². The summed E-state index contributed by atoms with van der Waals surface area (Å²) in [7, 11) is 0. The Morgan fingerprint density at radius 1 is 0.846 bits per heavy atom. The molecule has 6 aliphatic rings. The maximum absolute atomic E-state index is 12.3. The molecule has 0 radical (unpaired) electrons. The Morgan fingerprint density at radius 3 is 2.12 bits per heavy atom. The molecule has 12 heteroatoms. The van der Waals surface area contributed by atoms with Crippen LogP contribution in [-0.4, -0.2) is 110 Å². The van der Waals surface area contributed by atoms with E-state index in [9.17, 15) is 35.1 Å². The molecule has 4 saturated carbocycles. The van der Waals surface area contributed by atoms with Crippen LogP contribution < -0.4 is 0 Å². The summed E-state index contributed by atoms with van der Waals surface area (Å²) in [4.78, 5) is 24.0. The molecule has 6 fully saturated rings. The van der Waals surface area contributed by atoms with Gasteiger partial charge in [-0.1, -0.05) is 41.5 Å². The fourth-order valence-electron chi connectivity index (χ4n) is 13.2. The van der Waals surface area contributed by atoms with Crippen molar-refractivity contribution in [2.24, 2.45) is 45.3 Å². The van der Waals surface area contributed by atoms with Gasteiger partial charge in [0.05, 0.1) is 23.4 Å². The van der Waals surface area contributed by atoms with E-state index in [1.54, 1.807) is 13.8 Å². The van der Waals surface area contributed by atoms with Crippen molar-refractivity contribution in [1.29, 1.82) is 0 Å². The Labute approximate surface area is 309 Å². The van der Waals surface area contributed by atoms with Gasteiger partial charge < -0.3 is 49.2 Å². The van der Waals surface area contributed by atoms with Crippen LogP contribution in [0.25, 0.3) is 0 Å². The minimum Gasteiger partial charge on any atom is -0.463 e. The summed E-state index contributed by atoms with van der Waals surface area (Å²) in [5.41, 5.74) is -3.15. The fourth-order valence-corrected chi connectivity index (χ4v) is 13.2. The molecule has 0 aromatic heterocycles. The van der Waals surface area contributed by atoms with E-state index in [2.05, 4.69) is 41.5 Å². The van der Waals surface area contributed by atoms with E-state index < -0.39 is 77.0 Å². The molecule has 0 aromatic carbocycles. The van der Waals surface area contributed by atoms with Crippen molar-refractivity contribution in [2.75, 3.05) is 6.61 Å². The minimum atomic E-state index is -1.59. The molecule has 2 saturated heterocycles. The average Bonchev–Trinajstić information content (AvgIpc) is 3.54. The van der Waals surface area contributed by atoms with Crippen molar-refractivity contribution in [3.8, 4) is 0 Å². The largest absolute Gasteiger partial charge is 0.463 e. The van der Waals surface area contributed by atoms with Gasteiger partial charge in [0.15, 0.2) is 6.29 Å². The summed E-state index contributed by atoms with van der Waals surface area (Å²) < 4.78 is 31.3. The SMILES string of the molecule is CC(=O)OC[C@H]1O[C@@H](O[C@@H]2C[C@H]3C(C)(C)[C@H](OC(C)=O)CC[C@]3(C)[C@H]3CC[C@@H]4[C@]5(CC[C@@]4(C)[C@@]32C)O[C@@H]([C@H](O)C(C)(C)O)C[C@@H]5C)[C@H](O)[C@@H](O)[C@@H]1O. The maximum atomic E-state index is 12.3. The minimum absolute atomic E-state index is 0.0674. The zero-order chi connectivity index (χ0) is 38.6. The Morgan fingerprint density at radius 2 is 1.50 bits per heavy atom. The lowest BCUT2D eigenvalue weighted by Crippen LogP contribution is -2.71. The van der Waals surface area contributed by atoms with Gasteiger partial charge in [-0.3, -0.25) is 9.59 Å². The van der Waals surface area contributed by atoms with E-state index in [0.29, 0.717) is 12.8 Å². The second-order valence-corrected chi connectivity index (χ2v) is 19.4. The quantitative estimate of drug-likeness (QED) is 0.189. The third kappa shape index (κ3) is 5.99. The molecule has 4 aliphatic carbocycles. The summed E-state index contributed by atoms with van der Waals surface area (Å²) in [5.74, 6) is -0.364. The van der Waals surface area contributed by atoms with Gasteiger partial charge in [-0.25, -0.2) is 0 Å². The summed E-state index contributed by atoms with van der Waals surface area (Å²) >= 11 is 0. The lowest BCUT2D eigenvalue weighted by atomic mass is 9.34. The van der Waals surface area contributed by atoms with Gasteiger partial charge in [0.2, 0.25) is 0 Å². The average molecular weight is 739 g/mol. The van der Waals surface area contributed by atoms with E-state index in [1.165, 1.54) is 13.8 Å². The van der Waals surface area contributed by atoms with Gasteiger partial charge in [0, 0.05) is 24.7 Å². The molecule has 12 nitrogen and oxygen atoms in total. The monoisotopic (exact) mass is 738 g/mol. The maximum Gasteiger partial charge on any atom is 0.302 e. The lowest BCUT2D eigenvalue weighted by molar-refractivity contribution is -0.351. The van der Waals surface area contributed by atoms with E-state index in [0.717, 1.165) is 38.5 Å². The van der Waals surface area contributed by atoms with Gasteiger partial charge in [0.25, 0.3) is 0 Å². The second-order valence-electron chi connectivity index (χ2n) is 19.4. The van der Waals surface area contributed by atoms with Crippen LogP contribution in [0.4, 0.5) is 0 Å². The summed E-state index contributed by atoms with van der Waals surface area (Å²) in [6.07, 6.45) is -3.00. The topological polar surface area (TPSA) is 181 Å². The number of ether oxygens (including phenoxy) is 5. The molecule has 6 rings (SSSR count). The number of aliphatic hydroxyl groups excluding tert-OH is 4. The number of hydrogen-bond donors (Lipinski definition) is 5. The molecule has 52 heavy (non-hydrogen) atoms. The number of rotatable bonds is 7. The molecule has 0 aromatic rings. The van der Waals surface area contributed by atoms with Crippen LogP contribution in [0.5, 0.6) is 0 Å². The van der Waals surface area contributed by atoms with Crippen LogP contribution in [0.2, 0.25) is 0 Å². The van der Waals surface area contributed by atoms with Crippen molar-refractivity contribution in [3.05, 3.63) is 0 Å². The fraction of sp³-hybridized carbons (Fsp3) is 0.950. The lowest BCUT2D eigenvalue weighted by Gasteiger charge is -2.72. The summed E-state index contributed by atoms with van der Waals surface area (Å²) in [6, 6.07) is 0. The van der Waals surface area contributed by atoms with E-state index in [4.69, 9.17) is 23.7 Å².